The van der Waals surface area contributed by atoms with Crippen LogP contribution in [0.1, 0.15) is 0 Å². The van der Waals surface area contributed by atoms with Gasteiger partial charge in [-0.15, -0.1) is 5.10 Å². The van der Waals surface area contributed by atoms with Crippen LogP contribution in [0.2, 0.25) is 5.02 Å². The fraction of sp³-hybridized carbons (Fsp3) is 0.364. The van der Waals surface area contributed by atoms with Crippen LogP contribution in [0.15, 0.2) is 29.4 Å². The van der Waals surface area contributed by atoms with E-state index in [0.717, 1.165) is 11.8 Å². The van der Waals surface area contributed by atoms with Gasteiger partial charge in [-0.25, -0.2) is 8.42 Å². The summed E-state index contributed by atoms with van der Waals surface area (Å²) in [6.07, 6.45) is -0.907. The van der Waals surface area contributed by atoms with Crippen molar-refractivity contribution in [3.05, 3.63) is 29.3 Å². The fourth-order valence-electron chi connectivity index (χ4n) is 2.04. The van der Waals surface area contributed by atoms with E-state index in [1.54, 1.807) is 24.3 Å². The van der Waals surface area contributed by atoms with Crippen molar-refractivity contribution in [3.8, 4) is 5.69 Å². The quantitative estimate of drug-likeness (QED) is 0.867. The summed E-state index contributed by atoms with van der Waals surface area (Å²) in [6.45, 7) is 0. The minimum absolute atomic E-state index is 0.0771. The Morgan fingerprint density at radius 1 is 1.29 bits per heavy atom. The molecule has 0 aliphatic carbocycles. The van der Waals surface area contributed by atoms with Gasteiger partial charge in [0.2, 0.25) is 5.16 Å². The van der Waals surface area contributed by atoms with Gasteiger partial charge in [-0.1, -0.05) is 23.4 Å². The Morgan fingerprint density at radius 3 is 2.62 bits per heavy atom. The van der Waals surface area contributed by atoms with Gasteiger partial charge in [0.25, 0.3) is 0 Å². The maximum Gasteiger partial charge on any atom is 0.214 e. The lowest BCUT2D eigenvalue weighted by Crippen LogP contribution is -2.20. The van der Waals surface area contributed by atoms with Gasteiger partial charge in [0.1, 0.15) is 0 Å². The van der Waals surface area contributed by atoms with E-state index in [-0.39, 0.29) is 11.5 Å². The zero-order chi connectivity index (χ0) is 15.0. The average Bonchev–Trinajstić information content (AvgIpc) is 2.95. The predicted octanol–water partition coefficient (Wildman–Crippen LogP) is 0.566. The molecule has 0 bridgehead atoms. The minimum Gasteiger partial charge on any atom is -0.391 e. The van der Waals surface area contributed by atoms with Crippen LogP contribution in [0.5, 0.6) is 0 Å². The Balaban J connectivity index is 1.85. The van der Waals surface area contributed by atoms with Gasteiger partial charge < -0.3 is 5.11 Å². The first-order valence-electron chi connectivity index (χ1n) is 6.04. The second-order valence-electron chi connectivity index (χ2n) is 4.65. The predicted molar refractivity (Wildman–Crippen MR) is 78.5 cm³/mol. The Labute approximate surface area is 130 Å². The summed E-state index contributed by atoms with van der Waals surface area (Å²) in [5.41, 5.74) is 0.710. The van der Waals surface area contributed by atoms with Gasteiger partial charge in [0.15, 0.2) is 9.84 Å². The van der Waals surface area contributed by atoms with E-state index in [1.807, 2.05) is 0 Å². The highest BCUT2D eigenvalue weighted by atomic mass is 35.5. The summed E-state index contributed by atoms with van der Waals surface area (Å²) < 4.78 is 24.5. The van der Waals surface area contributed by atoms with Crippen molar-refractivity contribution < 1.29 is 13.5 Å². The van der Waals surface area contributed by atoms with E-state index in [9.17, 15) is 13.5 Å². The maximum atomic E-state index is 11.5. The van der Waals surface area contributed by atoms with Gasteiger partial charge in [-0.3, -0.25) is 0 Å². The highest BCUT2D eigenvalue weighted by molar-refractivity contribution is 8.01. The first-order valence-corrected chi connectivity index (χ1v) is 9.12. The lowest BCUT2D eigenvalue weighted by Gasteiger charge is -2.11. The lowest BCUT2D eigenvalue weighted by molar-refractivity contribution is 0.207. The van der Waals surface area contributed by atoms with Gasteiger partial charge in [-0.2, -0.15) is 4.68 Å². The second kappa shape index (κ2) is 5.56. The van der Waals surface area contributed by atoms with Gasteiger partial charge >= 0.3 is 0 Å². The Bertz CT molecular complexity index is 747. The van der Waals surface area contributed by atoms with Crippen molar-refractivity contribution in [3.63, 3.8) is 0 Å². The monoisotopic (exact) mass is 346 g/mol. The van der Waals surface area contributed by atoms with E-state index in [4.69, 9.17) is 11.6 Å². The van der Waals surface area contributed by atoms with Crippen LogP contribution in [0.4, 0.5) is 0 Å². The number of hydrogen-bond acceptors (Lipinski definition) is 7. The molecule has 112 valence electrons. The molecule has 0 spiro atoms. The summed E-state index contributed by atoms with van der Waals surface area (Å²) in [4.78, 5) is 0. The molecule has 21 heavy (non-hydrogen) atoms. The SMILES string of the molecule is O=S1(=O)C[C@@H](O)[C@H](Sc2nnnn2-c2ccc(Cl)cc2)C1. The summed E-state index contributed by atoms with van der Waals surface area (Å²) in [5, 5.41) is 21.8. The zero-order valence-corrected chi connectivity index (χ0v) is 13.0. The Morgan fingerprint density at radius 2 is 2.00 bits per heavy atom. The second-order valence-corrected chi connectivity index (χ2v) is 8.45. The minimum atomic E-state index is -3.20. The van der Waals surface area contributed by atoms with Crippen LogP contribution in [-0.4, -0.2) is 56.6 Å². The summed E-state index contributed by atoms with van der Waals surface area (Å²) in [7, 11) is -3.20. The van der Waals surface area contributed by atoms with Crippen molar-refractivity contribution >= 4 is 33.2 Å². The highest BCUT2D eigenvalue weighted by Crippen LogP contribution is 2.30. The number of aliphatic hydroxyl groups excluding tert-OH is 1. The molecule has 0 radical (unpaired) electrons. The zero-order valence-electron chi connectivity index (χ0n) is 10.6. The highest BCUT2D eigenvalue weighted by Gasteiger charge is 2.38. The van der Waals surface area contributed by atoms with Crippen LogP contribution in [0, 0.1) is 0 Å². The molecule has 1 aliphatic rings. The van der Waals surface area contributed by atoms with Crippen LogP contribution in [0.25, 0.3) is 5.69 Å². The molecule has 3 rings (SSSR count). The number of tetrazole rings is 1. The Hall–Kier alpha value is -1.16. The number of hydrogen-bond donors (Lipinski definition) is 1. The topological polar surface area (TPSA) is 98.0 Å². The van der Waals surface area contributed by atoms with E-state index >= 15 is 0 Å². The van der Waals surface area contributed by atoms with Gasteiger partial charge in [0, 0.05) is 5.02 Å². The molecule has 1 N–H and O–H groups in total. The first-order chi connectivity index (χ1) is 9.94. The van der Waals surface area contributed by atoms with Crippen LogP contribution >= 0.6 is 23.4 Å². The van der Waals surface area contributed by atoms with Crippen LogP contribution in [-0.2, 0) is 9.84 Å². The number of thioether (sulfide) groups is 1. The number of nitrogens with zero attached hydrogens (tertiary/aromatic N) is 4. The van der Waals surface area contributed by atoms with Crippen molar-refractivity contribution in [2.45, 2.75) is 16.5 Å². The third-order valence-corrected chi connectivity index (χ3v) is 6.47. The summed E-state index contributed by atoms with van der Waals surface area (Å²) in [5.74, 6) is -0.292. The van der Waals surface area contributed by atoms with E-state index in [0.29, 0.717) is 15.9 Å². The molecule has 10 heteroatoms. The molecular weight excluding hydrogens is 336 g/mol. The molecule has 2 heterocycles. The normalized spacial score (nSPS) is 24.3. The van der Waals surface area contributed by atoms with Crippen LogP contribution < -0.4 is 0 Å². The van der Waals surface area contributed by atoms with E-state index in [2.05, 4.69) is 15.5 Å². The number of aliphatic hydroxyl groups is 1. The van der Waals surface area contributed by atoms with Crippen molar-refractivity contribution in [2.24, 2.45) is 0 Å². The molecule has 1 aromatic heterocycles. The van der Waals surface area contributed by atoms with Crippen LogP contribution in [0.3, 0.4) is 0 Å². The van der Waals surface area contributed by atoms with E-state index in [1.165, 1.54) is 4.68 Å². The lowest BCUT2D eigenvalue weighted by atomic mass is 10.3. The molecule has 0 amide bonds. The number of aromatic nitrogens is 4. The molecule has 1 saturated heterocycles. The summed E-state index contributed by atoms with van der Waals surface area (Å²) >= 11 is 6.99. The average molecular weight is 347 g/mol. The standard InChI is InChI=1S/C11H11ClN4O3S2/c12-7-1-3-8(4-2-7)16-11(13-14-15-16)20-10-6-21(18,19)5-9(10)17/h1-4,9-10,17H,5-6H2/t9-,10-/m1/s1. The molecule has 2 atom stereocenters. The third kappa shape index (κ3) is 3.20. The van der Waals surface area contributed by atoms with Gasteiger partial charge in [0.05, 0.1) is 28.5 Å². The molecule has 0 unspecified atom stereocenters. The largest absolute Gasteiger partial charge is 0.391 e. The molecular formula is C11H11ClN4O3S2. The molecule has 2 aromatic rings. The fourth-order valence-corrected chi connectivity index (χ4v) is 5.64. The molecule has 1 aliphatic heterocycles. The third-order valence-electron chi connectivity index (χ3n) is 3.04. The molecule has 7 nitrogen and oxygen atoms in total. The van der Waals surface area contributed by atoms with Crippen molar-refractivity contribution in [2.75, 3.05) is 11.5 Å². The first kappa shape index (κ1) is 14.8. The number of sulfone groups is 1. The number of halogens is 1. The van der Waals surface area contributed by atoms with Crippen molar-refractivity contribution in [1.29, 1.82) is 0 Å². The van der Waals surface area contributed by atoms with E-state index < -0.39 is 21.2 Å². The molecule has 0 saturated carbocycles. The smallest absolute Gasteiger partial charge is 0.214 e. The maximum absolute atomic E-state index is 11.5. The Kier molecular flexibility index (Phi) is 3.91. The van der Waals surface area contributed by atoms with Crippen molar-refractivity contribution in [1.82, 2.24) is 20.2 Å². The molecule has 1 aromatic carbocycles. The van der Waals surface area contributed by atoms with Gasteiger partial charge in [-0.05, 0) is 34.7 Å². The number of benzene rings is 1. The molecule has 1 fully saturated rings. The number of rotatable bonds is 3. The summed E-state index contributed by atoms with van der Waals surface area (Å²) in [6, 6.07) is 6.93.